The first-order valence-electron chi connectivity index (χ1n) is 6.25. The Kier molecular flexibility index (Phi) is 4.40. The summed E-state index contributed by atoms with van der Waals surface area (Å²) in [6, 6.07) is 6.54. The molecule has 0 bridgehead atoms. The molecule has 1 aromatic carbocycles. The summed E-state index contributed by atoms with van der Waals surface area (Å²) in [5.74, 6) is -0.466. The van der Waals surface area contributed by atoms with E-state index in [-0.39, 0.29) is 11.1 Å². The number of benzene rings is 1. The summed E-state index contributed by atoms with van der Waals surface area (Å²) in [5, 5.41) is 3.40. The van der Waals surface area contributed by atoms with Gasteiger partial charge in [0.1, 0.15) is 5.56 Å². The average molecular weight is 325 g/mol. The number of amides is 1. The number of rotatable bonds is 2. The molecular formula is C15H14Cl2N2O2. The molecule has 0 aliphatic heterocycles. The number of aromatic nitrogens is 1. The first kappa shape index (κ1) is 15.6. The minimum atomic E-state index is -0.466. The molecule has 1 amide bonds. The van der Waals surface area contributed by atoms with Crippen molar-refractivity contribution < 1.29 is 4.79 Å². The largest absolute Gasteiger partial charge is 0.322 e. The van der Waals surface area contributed by atoms with Gasteiger partial charge < -0.3 is 9.88 Å². The lowest BCUT2D eigenvalue weighted by molar-refractivity contribution is 0.102. The Morgan fingerprint density at radius 2 is 1.81 bits per heavy atom. The Balaban J connectivity index is 2.39. The van der Waals surface area contributed by atoms with Crippen molar-refractivity contribution in [3.63, 3.8) is 0 Å². The van der Waals surface area contributed by atoms with E-state index in [1.165, 1.54) is 10.6 Å². The van der Waals surface area contributed by atoms with E-state index in [2.05, 4.69) is 5.32 Å². The maximum Gasteiger partial charge on any atom is 0.263 e. The van der Waals surface area contributed by atoms with Gasteiger partial charge in [-0.15, -0.1) is 0 Å². The van der Waals surface area contributed by atoms with Gasteiger partial charge in [0.25, 0.3) is 11.5 Å². The van der Waals surface area contributed by atoms with Gasteiger partial charge >= 0.3 is 0 Å². The lowest BCUT2D eigenvalue weighted by Gasteiger charge is -2.11. The van der Waals surface area contributed by atoms with Gasteiger partial charge in [-0.2, -0.15) is 0 Å². The number of halogens is 2. The Labute approximate surface area is 132 Å². The lowest BCUT2D eigenvalue weighted by atomic mass is 10.1. The van der Waals surface area contributed by atoms with Crippen molar-refractivity contribution in [1.82, 2.24) is 4.57 Å². The van der Waals surface area contributed by atoms with Crippen molar-refractivity contribution in [3.05, 3.63) is 61.5 Å². The molecule has 1 heterocycles. The molecule has 0 saturated heterocycles. The second-order valence-electron chi connectivity index (χ2n) is 4.79. The summed E-state index contributed by atoms with van der Waals surface area (Å²) in [6.07, 6.45) is 0. The van der Waals surface area contributed by atoms with Crippen molar-refractivity contribution in [2.75, 3.05) is 5.32 Å². The third-order valence-electron chi connectivity index (χ3n) is 3.27. The molecule has 6 heteroatoms. The van der Waals surface area contributed by atoms with Crippen LogP contribution in [-0.2, 0) is 7.05 Å². The van der Waals surface area contributed by atoms with Crippen LogP contribution in [0.4, 0.5) is 5.69 Å². The third-order valence-corrected chi connectivity index (χ3v) is 4.01. The van der Waals surface area contributed by atoms with Crippen LogP contribution in [0.15, 0.2) is 29.1 Å². The van der Waals surface area contributed by atoms with E-state index in [1.54, 1.807) is 32.2 Å². The summed E-state index contributed by atoms with van der Waals surface area (Å²) in [5.41, 5.74) is 1.70. The van der Waals surface area contributed by atoms with Crippen LogP contribution in [0.2, 0.25) is 10.0 Å². The molecule has 2 aromatic rings. The quantitative estimate of drug-likeness (QED) is 0.918. The molecular weight excluding hydrogens is 311 g/mol. The van der Waals surface area contributed by atoms with E-state index in [0.29, 0.717) is 21.3 Å². The highest BCUT2D eigenvalue weighted by Gasteiger charge is 2.16. The second kappa shape index (κ2) is 5.92. The van der Waals surface area contributed by atoms with Gasteiger partial charge in [0.15, 0.2) is 0 Å². The minimum Gasteiger partial charge on any atom is -0.322 e. The van der Waals surface area contributed by atoms with Crippen molar-refractivity contribution in [1.29, 1.82) is 0 Å². The number of hydrogen-bond acceptors (Lipinski definition) is 2. The number of carbonyl (C=O) groups excluding carboxylic acids is 1. The fraction of sp³-hybridized carbons (Fsp3) is 0.200. The zero-order chi connectivity index (χ0) is 15.7. The maximum atomic E-state index is 12.3. The van der Waals surface area contributed by atoms with Gasteiger partial charge in [0, 0.05) is 18.4 Å². The Bertz CT molecular complexity index is 782. The molecule has 1 aromatic heterocycles. The molecule has 0 saturated carbocycles. The lowest BCUT2D eigenvalue weighted by Crippen LogP contribution is -2.30. The van der Waals surface area contributed by atoms with Crippen molar-refractivity contribution in [2.45, 2.75) is 13.8 Å². The molecule has 0 aliphatic rings. The van der Waals surface area contributed by atoms with Crippen LogP contribution < -0.4 is 10.9 Å². The zero-order valence-corrected chi connectivity index (χ0v) is 13.3. The number of anilines is 1. The van der Waals surface area contributed by atoms with Gasteiger partial charge in [-0.3, -0.25) is 9.59 Å². The van der Waals surface area contributed by atoms with E-state index in [4.69, 9.17) is 23.2 Å². The molecule has 0 spiro atoms. The van der Waals surface area contributed by atoms with Gasteiger partial charge in [0.2, 0.25) is 0 Å². The fourth-order valence-corrected chi connectivity index (χ4v) is 2.32. The molecule has 0 unspecified atom stereocenters. The molecule has 1 N–H and O–H groups in total. The first-order chi connectivity index (χ1) is 9.81. The molecule has 110 valence electrons. The summed E-state index contributed by atoms with van der Waals surface area (Å²) in [6.45, 7) is 3.55. The minimum absolute atomic E-state index is 0.120. The molecule has 0 radical (unpaired) electrons. The van der Waals surface area contributed by atoms with Gasteiger partial charge in [-0.05, 0) is 43.7 Å². The van der Waals surface area contributed by atoms with Crippen LogP contribution in [0.1, 0.15) is 21.6 Å². The summed E-state index contributed by atoms with van der Waals surface area (Å²) < 4.78 is 1.44. The predicted molar refractivity (Wildman–Crippen MR) is 85.6 cm³/mol. The van der Waals surface area contributed by atoms with Gasteiger partial charge in [-0.1, -0.05) is 23.2 Å². The van der Waals surface area contributed by atoms with Crippen LogP contribution in [0.3, 0.4) is 0 Å². The molecule has 2 rings (SSSR count). The van der Waals surface area contributed by atoms with Crippen LogP contribution in [-0.4, -0.2) is 10.5 Å². The molecule has 0 atom stereocenters. The standard InChI is InChI=1S/C15H14Cl2N2O2/c1-8-6-9(2)19(3)15(21)13(8)14(20)18-10-4-5-11(16)12(17)7-10/h4-7H,1-3H3,(H,18,20). The number of nitrogens with one attached hydrogen (secondary N) is 1. The highest BCUT2D eigenvalue weighted by atomic mass is 35.5. The molecule has 4 nitrogen and oxygen atoms in total. The molecule has 21 heavy (non-hydrogen) atoms. The first-order valence-corrected chi connectivity index (χ1v) is 7.00. The number of hydrogen-bond donors (Lipinski definition) is 1. The van der Waals surface area contributed by atoms with E-state index in [1.807, 2.05) is 6.92 Å². The number of pyridine rings is 1. The predicted octanol–water partition coefficient (Wildman–Crippen LogP) is 3.56. The highest BCUT2D eigenvalue weighted by molar-refractivity contribution is 6.42. The number of carbonyl (C=O) groups is 1. The summed E-state index contributed by atoms with van der Waals surface area (Å²) >= 11 is 11.7. The Morgan fingerprint density at radius 3 is 2.43 bits per heavy atom. The van der Waals surface area contributed by atoms with E-state index >= 15 is 0 Å². The Morgan fingerprint density at radius 1 is 1.14 bits per heavy atom. The fourth-order valence-electron chi connectivity index (χ4n) is 2.02. The normalized spacial score (nSPS) is 10.5. The monoisotopic (exact) mass is 324 g/mol. The van der Waals surface area contributed by atoms with Crippen molar-refractivity contribution >= 4 is 34.8 Å². The smallest absolute Gasteiger partial charge is 0.263 e. The number of nitrogens with zero attached hydrogens (tertiary/aromatic N) is 1. The van der Waals surface area contributed by atoms with Crippen LogP contribution in [0.25, 0.3) is 0 Å². The van der Waals surface area contributed by atoms with Gasteiger partial charge in [-0.25, -0.2) is 0 Å². The second-order valence-corrected chi connectivity index (χ2v) is 5.61. The third kappa shape index (κ3) is 3.12. The molecule has 0 aliphatic carbocycles. The van der Waals surface area contributed by atoms with Crippen molar-refractivity contribution in [3.8, 4) is 0 Å². The summed E-state index contributed by atoms with van der Waals surface area (Å²) in [4.78, 5) is 24.5. The number of aryl methyl sites for hydroxylation is 2. The summed E-state index contributed by atoms with van der Waals surface area (Å²) in [7, 11) is 1.63. The van der Waals surface area contributed by atoms with E-state index in [9.17, 15) is 9.59 Å². The zero-order valence-electron chi connectivity index (χ0n) is 11.8. The average Bonchev–Trinajstić information content (AvgIpc) is 2.40. The van der Waals surface area contributed by atoms with E-state index < -0.39 is 5.91 Å². The van der Waals surface area contributed by atoms with Crippen LogP contribution in [0, 0.1) is 13.8 Å². The van der Waals surface area contributed by atoms with E-state index in [0.717, 1.165) is 5.69 Å². The van der Waals surface area contributed by atoms with Crippen LogP contribution >= 0.6 is 23.2 Å². The SMILES string of the molecule is Cc1cc(C)n(C)c(=O)c1C(=O)Nc1ccc(Cl)c(Cl)c1. The van der Waals surface area contributed by atoms with Gasteiger partial charge in [0.05, 0.1) is 10.0 Å². The topological polar surface area (TPSA) is 51.1 Å². The highest BCUT2D eigenvalue weighted by Crippen LogP contribution is 2.25. The van der Waals surface area contributed by atoms with Crippen molar-refractivity contribution in [2.24, 2.45) is 7.05 Å². The maximum absolute atomic E-state index is 12.3. The van der Waals surface area contributed by atoms with Crippen LogP contribution in [0.5, 0.6) is 0 Å². The molecule has 0 fully saturated rings. The Hall–Kier alpha value is -1.78.